The first-order valence-electron chi connectivity index (χ1n) is 5.98. The van der Waals surface area contributed by atoms with Gasteiger partial charge < -0.3 is 9.47 Å². The van der Waals surface area contributed by atoms with Gasteiger partial charge in [0.05, 0.1) is 16.8 Å². The zero-order valence-corrected chi connectivity index (χ0v) is 10.2. The van der Waals surface area contributed by atoms with E-state index in [0.717, 1.165) is 4.90 Å². The minimum absolute atomic E-state index is 0.144. The van der Waals surface area contributed by atoms with Crippen LogP contribution in [0.5, 0.6) is 11.5 Å². The lowest BCUT2D eigenvalue weighted by atomic mass is 10.2. The number of anilines is 1. The van der Waals surface area contributed by atoms with Gasteiger partial charge in [-0.2, -0.15) is 0 Å². The van der Waals surface area contributed by atoms with Crippen LogP contribution in [0, 0.1) is 0 Å². The van der Waals surface area contributed by atoms with Gasteiger partial charge in [0.25, 0.3) is 11.8 Å². The second kappa shape index (κ2) is 3.80. The number of rotatable bonds is 1. The van der Waals surface area contributed by atoms with Gasteiger partial charge in [-0.05, 0) is 18.2 Å². The van der Waals surface area contributed by atoms with Gasteiger partial charge in [0.15, 0.2) is 11.5 Å². The summed E-state index contributed by atoms with van der Waals surface area (Å²) in [5.41, 5.74) is 1.14. The molecular weight excluding hydrogens is 260 g/mol. The standard InChI is InChI=1S/C14H8N2O4/c17-13-9-3-4-15-6-10(9)14(18)16(13)8-1-2-11-12(5-8)20-7-19-11/h1-6H,7H2. The van der Waals surface area contributed by atoms with Gasteiger partial charge in [-0.15, -0.1) is 0 Å². The molecule has 2 aliphatic heterocycles. The average molecular weight is 268 g/mol. The van der Waals surface area contributed by atoms with Crippen LogP contribution in [-0.2, 0) is 0 Å². The van der Waals surface area contributed by atoms with E-state index in [1.165, 1.54) is 12.4 Å². The van der Waals surface area contributed by atoms with Crippen molar-refractivity contribution in [3.63, 3.8) is 0 Å². The molecule has 4 rings (SSSR count). The smallest absolute Gasteiger partial charge is 0.267 e. The largest absolute Gasteiger partial charge is 0.454 e. The molecule has 98 valence electrons. The molecule has 0 unspecified atom stereocenters. The Balaban J connectivity index is 1.81. The Morgan fingerprint density at radius 3 is 2.65 bits per heavy atom. The third-order valence-electron chi connectivity index (χ3n) is 3.30. The molecule has 0 atom stereocenters. The highest BCUT2D eigenvalue weighted by atomic mass is 16.7. The Morgan fingerprint density at radius 1 is 1.00 bits per heavy atom. The Kier molecular flexibility index (Phi) is 2.09. The molecule has 6 heteroatoms. The fourth-order valence-electron chi connectivity index (χ4n) is 2.34. The van der Waals surface area contributed by atoms with Gasteiger partial charge in [-0.3, -0.25) is 14.6 Å². The maximum absolute atomic E-state index is 12.3. The van der Waals surface area contributed by atoms with Crippen LogP contribution in [-0.4, -0.2) is 23.6 Å². The Hall–Kier alpha value is -2.89. The normalized spacial score (nSPS) is 15.7. The summed E-state index contributed by atoms with van der Waals surface area (Å²) in [6.45, 7) is 0.144. The predicted molar refractivity (Wildman–Crippen MR) is 67.9 cm³/mol. The highest BCUT2D eigenvalue weighted by molar-refractivity contribution is 6.34. The molecule has 2 aromatic rings. The van der Waals surface area contributed by atoms with Crippen LogP contribution in [0.2, 0.25) is 0 Å². The topological polar surface area (TPSA) is 68.7 Å². The van der Waals surface area contributed by atoms with Crippen molar-refractivity contribution in [2.75, 3.05) is 11.7 Å². The van der Waals surface area contributed by atoms with E-state index in [-0.39, 0.29) is 18.6 Å². The lowest BCUT2D eigenvalue weighted by molar-refractivity contribution is 0.0926. The highest BCUT2D eigenvalue weighted by Gasteiger charge is 2.37. The van der Waals surface area contributed by atoms with Gasteiger partial charge in [-0.1, -0.05) is 0 Å². The van der Waals surface area contributed by atoms with Crippen molar-refractivity contribution in [2.45, 2.75) is 0 Å². The van der Waals surface area contributed by atoms with Crippen molar-refractivity contribution in [3.05, 3.63) is 47.8 Å². The molecule has 0 fully saturated rings. The minimum Gasteiger partial charge on any atom is -0.454 e. The maximum Gasteiger partial charge on any atom is 0.267 e. The number of carbonyl (C=O) groups is 2. The van der Waals surface area contributed by atoms with Crippen molar-refractivity contribution < 1.29 is 19.1 Å². The van der Waals surface area contributed by atoms with Gasteiger partial charge in [-0.25, -0.2) is 4.90 Å². The van der Waals surface area contributed by atoms with Crippen LogP contribution < -0.4 is 14.4 Å². The first-order valence-corrected chi connectivity index (χ1v) is 5.98. The second-order valence-electron chi connectivity index (χ2n) is 4.40. The summed E-state index contributed by atoms with van der Waals surface area (Å²) in [6.07, 6.45) is 2.90. The number of hydrogen-bond donors (Lipinski definition) is 0. The van der Waals surface area contributed by atoms with E-state index in [0.29, 0.717) is 28.3 Å². The Morgan fingerprint density at radius 2 is 1.80 bits per heavy atom. The second-order valence-corrected chi connectivity index (χ2v) is 4.40. The summed E-state index contributed by atoms with van der Waals surface area (Å²) < 4.78 is 10.5. The van der Waals surface area contributed by atoms with Crippen LogP contribution in [0.25, 0.3) is 0 Å². The van der Waals surface area contributed by atoms with Crippen molar-refractivity contribution in [3.8, 4) is 11.5 Å². The van der Waals surface area contributed by atoms with Crippen LogP contribution in [0.3, 0.4) is 0 Å². The fraction of sp³-hybridized carbons (Fsp3) is 0.0714. The maximum atomic E-state index is 12.3. The summed E-state index contributed by atoms with van der Waals surface area (Å²) in [5.74, 6) is 0.396. The Bertz CT molecular complexity index is 722. The lowest BCUT2D eigenvalue weighted by Gasteiger charge is -2.14. The summed E-state index contributed by atoms with van der Waals surface area (Å²) in [4.78, 5) is 29.6. The SMILES string of the molecule is O=C1c2ccncc2C(=O)N1c1ccc2c(c1)OCO2. The van der Waals surface area contributed by atoms with E-state index in [1.54, 1.807) is 24.3 Å². The predicted octanol–water partition coefficient (Wildman–Crippen LogP) is 1.61. The fourth-order valence-corrected chi connectivity index (χ4v) is 2.34. The van der Waals surface area contributed by atoms with Crippen LogP contribution in [0.1, 0.15) is 20.7 Å². The van der Waals surface area contributed by atoms with Crippen molar-refractivity contribution in [2.24, 2.45) is 0 Å². The quantitative estimate of drug-likeness (QED) is 0.735. The van der Waals surface area contributed by atoms with Crippen molar-refractivity contribution >= 4 is 17.5 Å². The minimum atomic E-state index is -0.378. The van der Waals surface area contributed by atoms with Gasteiger partial charge in [0.1, 0.15) is 0 Å². The number of pyridine rings is 1. The highest BCUT2D eigenvalue weighted by Crippen LogP contribution is 2.37. The first kappa shape index (κ1) is 11.0. The third-order valence-corrected chi connectivity index (χ3v) is 3.30. The molecule has 0 radical (unpaired) electrons. The number of hydrogen-bond acceptors (Lipinski definition) is 5. The van der Waals surface area contributed by atoms with Crippen molar-refractivity contribution in [1.82, 2.24) is 4.98 Å². The number of carbonyl (C=O) groups excluding carboxylic acids is 2. The number of fused-ring (bicyclic) bond motifs is 2. The lowest BCUT2D eigenvalue weighted by Crippen LogP contribution is -2.29. The van der Waals surface area contributed by atoms with Gasteiger partial charge >= 0.3 is 0 Å². The number of benzene rings is 1. The van der Waals surface area contributed by atoms with E-state index in [4.69, 9.17) is 9.47 Å². The third kappa shape index (κ3) is 1.36. The Labute approximate surface area is 113 Å². The number of ether oxygens (including phenoxy) is 2. The molecule has 1 aromatic heterocycles. The monoisotopic (exact) mass is 268 g/mol. The van der Waals surface area contributed by atoms with Gasteiger partial charge in [0, 0.05) is 18.5 Å². The van der Waals surface area contributed by atoms with E-state index in [9.17, 15) is 9.59 Å². The van der Waals surface area contributed by atoms with Crippen molar-refractivity contribution in [1.29, 1.82) is 0 Å². The molecule has 2 amide bonds. The molecule has 0 bridgehead atoms. The molecule has 6 nitrogen and oxygen atoms in total. The van der Waals surface area contributed by atoms with Crippen LogP contribution >= 0.6 is 0 Å². The molecule has 0 saturated heterocycles. The molecule has 0 saturated carbocycles. The molecule has 0 N–H and O–H groups in total. The van der Waals surface area contributed by atoms with E-state index >= 15 is 0 Å². The number of amides is 2. The summed E-state index contributed by atoms with van der Waals surface area (Å²) >= 11 is 0. The summed E-state index contributed by atoms with van der Waals surface area (Å²) in [5, 5.41) is 0. The molecule has 20 heavy (non-hydrogen) atoms. The number of aromatic nitrogens is 1. The molecule has 1 aromatic carbocycles. The number of imide groups is 1. The van der Waals surface area contributed by atoms with Crippen LogP contribution in [0.4, 0.5) is 5.69 Å². The van der Waals surface area contributed by atoms with Crippen LogP contribution in [0.15, 0.2) is 36.7 Å². The molecule has 0 aliphatic carbocycles. The summed E-state index contributed by atoms with van der Waals surface area (Å²) in [6, 6.07) is 6.50. The molecule has 2 aliphatic rings. The molecule has 0 spiro atoms. The number of nitrogens with zero attached hydrogens (tertiary/aromatic N) is 2. The van der Waals surface area contributed by atoms with E-state index < -0.39 is 0 Å². The zero-order valence-electron chi connectivity index (χ0n) is 10.2. The average Bonchev–Trinajstić information content (AvgIpc) is 3.03. The first-order chi connectivity index (χ1) is 9.75. The van der Waals surface area contributed by atoms with E-state index in [1.807, 2.05) is 0 Å². The molecular formula is C14H8N2O4. The zero-order chi connectivity index (χ0) is 13.7. The molecule has 3 heterocycles. The van der Waals surface area contributed by atoms with E-state index in [2.05, 4.69) is 4.98 Å². The van der Waals surface area contributed by atoms with Gasteiger partial charge in [0.2, 0.25) is 6.79 Å². The summed E-state index contributed by atoms with van der Waals surface area (Å²) in [7, 11) is 0.